The van der Waals surface area contributed by atoms with Crippen LogP contribution in [0.1, 0.15) is 42.1 Å². The maximum Gasteiger partial charge on any atom is 0.416 e. The molecule has 1 aliphatic rings. The third kappa shape index (κ3) is 5.28. The van der Waals surface area contributed by atoms with Crippen molar-refractivity contribution in [2.75, 3.05) is 18.6 Å². The van der Waals surface area contributed by atoms with Gasteiger partial charge in [0.25, 0.3) is 0 Å². The lowest BCUT2D eigenvalue weighted by Gasteiger charge is -2.37. The Balaban J connectivity index is 1.66. The number of rotatable bonds is 8. The van der Waals surface area contributed by atoms with Crippen molar-refractivity contribution in [1.29, 1.82) is 5.26 Å². The molecule has 0 aliphatic carbocycles. The summed E-state index contributed by atoms with van der Waals surface area (Å²) in [7, 11) is 1.52. The predicted molar refractivity (Wildman–Crippen MR) is 144 cm³/mol. The first kappa shape index (κ1) is 27.9. The molecule has 1 atom stereocenters. The summed E-state index contributed by atoms with van der Waals surface area (Å²) in [4.78, 5) is 14.8. The monoisotopic (exact) mass is 564 g/mol. The fraction of sp³-hybridized carbons (Fsp3) is 0.310. The van der Waals surface area contributed by atoms with E-state index in [4.69, 9.17) is 4.74 Å². The first-order chi connectivity index (χ1) is 19.7. The number of aromatic nitrogens is 5. The molecule has 3 heterocycles. The first-order valence-corrected chi connectivity index (χ1v) is 13.1. The number of alkyl halides is 3. The number of aromatic amines is 1. The number of fused-ring (bicyclic) bond motifs is 1. The highest BCUT2D eigenvalue weighted by molar-refractivity contribution is 5.67. The molecule has 212 valence electrons. The molecule has 0 saturated carbocycles. The number of aryl methyl sites for hydroxylation is 3. The molecule has 5 rings (SSSR count). The van der Waals surface area contributed by atoms with Crippen LogP contribution in [0.2, 0.25) is 0 Å². The number of benzene rings is 2. The third-order valence-corrected chi connectivity index (χ3v) is 7.32. The second-order valence-corrected chi connectivity index (χ2v) is 9.79. The third-order valence-electron chi connectivity index (χ3n) is 7.32. The molecule has 2 aromatic heterocycles. The van der Waals surface area contributed by atoms with E-state index in [1.807, 2.05) is 30.9 Å². The maximum absolute atomic E-state index is 13.6. The van der Waals surface area contributed by atoms with E-state index in [2.05, 4.69) is 32.3 Å². The van der Waals surface area contributed by atoms with E-state index in [-0.39, 0.29) is 18.2 Å². The lowest BCUT2D eigenvalue weighted by atomic mass is 9.89. The number of ether oxygens (including phenoxy) is 1. The number of nitrogens with zero attached hydrogens (tertiary/aromatic N) is 6. The summed E-state index contributed by atoms with van der Waals surface area (Å²) >= 11 is 0. The molecule has 0 bridgehead atoms. The van der Waals surface area contributed by atoms with Crippen LogP contribution in [-0.4, -0.2) is 33.0 Å². The minimum Gasteiger partial charge on any atom is -0.380 e. The second kappa shape index (κ2) is 11.1. The van der Waals surface area contributed by atoms with Crippen molar-refractivity contribution in [3.63, 3.8) is 0 Å². The molecule has 0 unspecified atom stereocenters. The number of imidazole rings is 1. The number of anilines is 2. The van der Waals surface area contributed by atoms with E-state index in [1.54, 1.807) is 19.1 Å². The molecular weight excluding hydrogens is 535 g/mol. The molecule has 0 spiro atoms. The quantitative estimate of drug-likeness (QED) is 0.319. The van der Waals surface area contributed by atoms with Gasteiger partial charge in [0.1, 0.15) is 12.4 Å². The fourth-order valence-electron chi connectivity index (χ4n) is 5.30. The van der Waals surface area contributed by atoms with Gasteiger partial charge in [-0.3, -0.25) is 4.90 Å². The second-order valence-electron chi connectivity index (χ2n) is 9.79. The Hall–Kier alpha value is -4.63. The lowest BCUT2D eigenvalue weighted by Crippen LogP contribution is -2.37. The summed E-state index contributed by atoms with van der Waals surface area (Å²) < 4.78 is 51.8. The first-order valence-electron chi connectivity index (χ1n) is 13.1. The summed E-state index contributed by atoms with van der Waals surface area (Å²) in [6, 6.07) is 11.8. The van der Waals surface area contributed by atoms with Crippen molar-refractivity contribution in [2.24, 2.45) is 0 Å². The van der Waals surface area contributed by atoms with Crippen molar-refractivity contribution in [1.82, 2.24) is 19.3 Å². The molecule has 4 aromatic rings. The van der Waals surface area contributed by atoms with Gasteiger partial charge in [0, 0.05) is 30.5 Å². The zero-order valence-corrected chi connectivity index (χ0v) is 22.8. The lowest BCUT2D eigenvalue weighted by molar-refractivity contribution is -0.696. The number of methoxy groups -OCH3 is 1. The van der Waals surface area contributed by atoms with Gasteiger partial charge in [0.15, 0.2) is 0 Å². The maximum atomic E-state index is 13.6. The van der Waals surface area contributed by atoms with Gasteiger partial charge < -0.3 is 4.74 Å². The number of allylic oxidation sites excluding steroid dienone is 1. The van der Waals surface area contributed by atoms with Gasteiger partial charge in [0.05, 0.1) is 42.9 Å². The Bertz CT molecular complexity index is 1710. The smallest absolute Gasteiger partial charge is 0.380 e. The average Bonchev–Trinajstić information content (AvgIpc) is 3.58. The molecule has 0 fully saturated rings. The highest BCUT2D eigenvalue weighted by atomic mass is 19.4. The van der Waals surface area contributed by atoms with Crippen LogP contribution in [0.5, 0.6) is 0 Å². The van der Waals surface area contributed by atoms with Gasteiger partial charge in [-0.25, -0.2) is 23.6 Å². The summed E-state index contributed by atoms with van der Waals surface area (Å²) in [6.07, 6.45) is 1.99. The summed E-state index contributed by atoms with van der Waals surface area (Å²) in [5.74, 6) is 0.154. The van der Waals surface area contributed by atoms with E-state index in [0.717, 1.165) is 29.8 Å². The van der Waals surface area contributed by atoms with Crippen LogP contribution in [-0.2, 0) is 30.4 Å². The number of H-pyrrole nitrogens is 1. The molecule has 2 aromatic carbocycles. The van der Waals surface area contributed by atoms with Gasteiger partial charge >= 0.3 is 11.9 Å². The van der Waals surface area contributed by atoms with E-state index < -0.39 is 23.5 Å². The standard InChI is InChI=1S/C29H28F3N7O2/c1-4-36-12-13-37(18-36)11-10-21-14-20(16-33)8-9-24(21)26-25(17-41-3)19(2)38(27-34-35-28(40)39(26)27)23-7-5-6-22(15-23)29(30,31)32/h5-9,12-15,18,26H,4,10-11,17H2,1-3H3/p+1/t26-/m1/s1. The van der Waals surface area contributed by atoms with Gasteiger partial charge in [-0.15, -0.1) is 5.10 Å². The molecule has 0 saturated heterocycles. The Labute approximate surface area is 234 Å². The van der Waals surface area contributed by atoms with Crippen LogP contribution in [0.15, 0.2) is 77.3 Å². The van der Waals surface area contributed by atoms with E-state index in [0.29, 0.717) is 29.8 Å². The van der Waals surface area contributed by atoms with E-state index >= 15 is 0 Å². The average molecular weight is 565 g/mol. The fourth-order valence-corrected chi connectivity index (χ4v) is 5.30. The normalized spacial score (nSPS) is 15.2. The Morgan fingerprint density at radius 2 is 2.02 bits per heavy atom. The van der Waals surface area contributed by atoms with Crippen molar-refractivity contribution in [2.45, 2.75) is 45.6 Å². The molecular formula is C29H29F3N7O2+. The zero-order valence-electron chi connectivity index (χ0n) is 22.8. The molecule has 1 aliphatic heterocycles. The summed E-state index contributed by atoms with van der Waals surface area (Å²) in [5.41, 5.74) is 2.26. The number of nitrogens with one attached hydrogen (secondary N) is 1. The SMILES string of the molecule is CCn1cc[n+](CCc2cc(C#N)ccc2[C@@H]2C(COC)=C(C)N(c3cccc(C(F)(F)F)c3)c3n[nH]c(=O)n32)c1. The molecule has 0 radical (unpaired) electrons. The number of hydrogen-bond donors (Lipinski definition) is 1. The van der Waals surface area contributed by atoms with Crippen molar-refractivity contribution in [3.8, 4) is 6.07 Å². The van der Waals surface area contributed by atoms with E-state index in [1.165, 1.54) is 22.6 Å². The Morgan fingerprint density at radius 3 is 2.71 bits per heavy atom. The number of nitriles is 1. The van der Waals surface area contributed by atoms with Gasteiger partial charge in [-0.2, -0.15) is 18.4 Å². The molecule has 1 N–H and O–H groups in total. The molecule has 41 heavy (non-hydrogen) atoms. The minimum absolute atomic E-state index is 0.108. The van der Waals surface area contributed by atoms with Crippen LogP contribution in [0.25, 0.3) is 0 Å². The predicted octanol–water partition coefficient (Wildman–Crippen LogP) is 4.47. The Kier molecular flexibility index (Phi) is 7.55. The summed E-state index contributed by atoms with van der Waals surface area (Å²) in [5, 5.41) is 16.3. The zero-order chi connectivity index (χ0) is 29.3. The van der Waals surface area contributed by atoms with Crippen LogP contribution in [0.3, 0.4) is 0 Å². The highest BCUT2D eigenvalue weighted by Crippen LogP contribution is 2.43. The Morgan fingerprint density at radius 1 is 1.22 bits per heavy atom. The van der Waals surface area contributed by atoms with Gasteiger partial charge in [-0.05, 0) is 55.3 Å². The topological polar surface area (TPSA) is 95.8 Å². The van der Waals surface area contributed by atoms with Gasteiger partial charge in [-0.1, -0.05) is 12.1 Å². The number of halogens is 3. The summed E-state index contributed by atoms with van der Waals surface area (Å²) in [6.45, 7) is 5.40. The van der Waals surface area contributed by atoms with Gasteiger partial charge in [0.2, 0.25) is 12.3 Å². The van der Waals surface area contributed by atoms with Crippen molar-refractivity contribution >= 4 is 11.6 Å². The molecule has 9 nitrogen and oxygen atoms in total. The van der Waals surface area contributed by atoms with Crippen LogP contribution in [0, 0.1) is 11.3 Å². The largest absolute Gasteiger partial charge is 0.416 e. The highest BCUT2D eigenvalue weighted by Gasteiger charge is 2.38. The number of hydrogen-bond acceptors (Lipinski definition) is 5. The van der Waals surface area contributed by atoms with Crippen LogP contribution in [0.4, 0.5) is 24.8 Å². The molecule has 12 heteroatoms. The van der Waals surface area contributed by atoms with Crippen molar-refractivity contribution < 1.29 is 22.5 Å². The minimum atomic E-state index is -4.54. The molecule has 0 amide bonds. The van der Waals surface area contributed by atoms with Crippen molar-refractivity contribution in [3.05, 3.63) is 105 Å². The van der Waals surface area contributed by atoms with Crippen LogP contribution < -0.4 is 15.2 Å². The van der Waals surface area contributed by atoms with Crippen LogP contribution >= 0.6 is 0 Å². The van der Waals surface area contributed by atoms with E-state index in [9.17, 15) is 23.2 Å².